The second kappa shape index (κ2) is 5.05. The van der Waals surface area contributed by atoms with Gasteiger partial charge in [-0.2, -0.15) is 0 Å². The number of carbonyl (C=O) groups excluding carboxylic acids is 1. The van der Waals surface area contributed by atoms with Crippen LogP contribution >= 0.6 is 0 Å². The maximum atomic E-state index is 10.9. The molecule has 0 saturated carbocycles. The molecule has 0 fully saturated rings. The van der Waals surface area contributed by atoms with Crippen molar-refractivity contribution in [3.05, 3.63) is 35.5 Å². The first kappa shape index (κ1) is 13.6. The summed E-state index contributed by atoms with van der Waals surface area (Å²) in [7, 11) is 0. The summed E-state index contributed by atoms with van der Waals surface area (Å²) in [6.07, 6.45) is 3.85. The first-order valence-corrected chi connectivity index (χ1v) is 6.52. The number of amides is 1. The number of carbonyl (C=O) groups is 1. The first-order valence-electron chi connectivity index (χ1n) is 6.52. The third kappa shape index (κ3) is 3.35. The Kier molecular flexibility index (Phi) is 3.62. The van der Waals surface area contributed by atoms with Gasteiger partial charge in [0, 0.05) is 29.1 Å². The van der Waals surface area contributed by atoms with Crippen molar-refractivity contribution in [2.45, 2.75) is 38.6 Å². The molecule has 2 rings (SSSR count). The molecule has 19 heavy (non-hydrogen) atoms. The predicted molar refractivity (Wildman–Crippen MR) is 77.8 cm³/mol. The van der Waals surface area contributed by atoms with Gasteiger partial charge in [0.1, 0.15) is 0 Å². The molecule has 0 atom stereocenters. The molecule has 0 unspecified atom stereocenters. The van der Waals surface area contributed by atoms with Crippen LogP contribution in [0.3, 0.4) is 0 Å². The third-order valence-corrected chi connectivity index (χ3v) is 3.17. The topological polar surface area (TPSA) is 84.9 Å². The molecule has 4 nitrogen and oxygen atoms in total. The minimum atomic E-state index is -0.271. The SMILES string of the molecule is CC(C)(N)Cc1c[nH]c2c(CCC(N)=O)cccc12. The van der Waals surface area contributed by atoms with E-state index in [1.165, 1.54) is 10.9 Å². The highest BCUT2D eigenvalue weighted by Crippen LogP contribution is 2.25. The zero-order valence-corrected chi connectivity index (χ0v) is 11.5. The fourth-order valence-electron chi connectivity index (χ4n) is 2.38. The average Bonchev–Trinajstić information content (AvgIpc) is 2.68. The van der Waals surface area contributed by atoms with Crippen molar-refractivity contribution in [1.82, 2.24) is 4.98 Å². The third-order valence-electron chi connectivity index (χ3n) is 3.17. The lowest BCUT2D eigenvalue weighted by Gasteiger charge is -2.17. The molecule has 1 amide bonds. The van der Waals surface area contributed by atoms with Crippen LogP contribution in [-0.4, -0.2) is 16.4 Å². The molecule has 1 aromatic heterocycles. The zero-order valence-electron chi connectivity index (χ0n) is 11.5. The molecule has 4 heteroatoms. The smallest absolute Gasteiger partial charge is 0.217 e. The molecular weight excluding hydrogens is 238 g/mol. The standard InChI is InChI=1S/C15H21N3O/c1-15(2,17)8-11-9-18-14-10(6-7-13(16)19)4-3-5-12(11)14/h3-5,9,18H,6-8,17H2,1-2H3,(H2,16,19). The van der Waals surface area contributed by atoms with Crippen molar-refractivity contribution < 1.29 is 4.79 Å². The number of rotatable bonds is 5. The summed E-state index contributed by atoms with van der Waals surface area (Å²) in [4.78, 5) is 14.2. The average molecular weight is 259 g/mol. The Morgan fingerprint density at radius 2 is 2.05 bits per heavy atom. The van der Waals surface area contributed by atoms with E-state index in [0.29, 0.717) is 12.8 Å². The van der Waals surface area contributed by atoms with Gasteiger partial charge in [-0.25, -0.2) is 0 Å². The number of fused-ring (bicyclic) bond motifs is 1. The number of aromatic amines is 1. The van der Waals surface area contributed by atoms with E-state index >= 15 is 0 Å². The molecule has 5 N–H and O–H groups in total. The van der Waals surface area contributed by atoms with Gasteiger partial charge in [-0.05, 0) is 37.8 Å². The van der Waals surface area contributed by atoms with Gasteiger partial charge in [-0.15, -0.1) is 0 Å². The fraction of sp³-hybridized carbons (Fsp3) is 0.400. The number of benzene rings is 1. The highest BCUT2D eigenvalue weighted by atomic mass is 16.1. The Bertz CT molecular complexity index is 593. The number of nitrogens with two attached hydrogens (primary N) is 2. The molecule has 0 aliphatic heterocycles. The van der Waals surface area contributed by atoms with Crippen molar-refractivity contribution in [3.8, 4) is 0 Å². The molecule has 2 aromatic rings. The van der Waals surface area contributed by atoms with Gasteiger partial charge in [0.15, 0.2) is 0 Å². The van der Waals surface area contributed by atoms with E-state index in [1.54, 1.807) is 0 Å². The lowest BCUT2D eigenvalue weighted by atomic mass is 9.95. The number of aryl methyl sites for hydroxylation is 1. The number of para-hydroxylation sites is 1. The lowest BCUT2D eigenvalue weighted by molar-refractivity contribution is -0.117. The van der Waals surface area contributed by atoms with Crippen LogP contribution in [0.1, 0.15) is 31.4 Å². The molecule has 0 radical (unpaired) electrons. The van der Waals surface area contributed by atoms with Crippen LogP contribution in [0, 0.1) is 0 Å². The minimum Gasteiger partial charge on any atom is -0.370 e. The maximum absolute atomic E-state index is 10.9. The summed E-state index contributed by atoms with van der Waals surface area (Å²) < 4.78 is 0. The van der Waals surface area contributed by atoms with Crippen LogP contribution in [0.2, 0.25) is 0 Å². The zero-order chi connectivity index (χ0) is 14.0. The normalized spacial score (nSPS) is 11.9. The van der Waals surface area contributed by atoms with Crippen LogP contribution in [0.5, 0.6) is 0 Å². The van der Waals surface area contributed by atoms with E-state index in [9.17, 15) is 4.79 Å². The molecule has 1 aromatic carbocycles. The Hall–Kier alpha value is -1.81. The summed E-state index contributed by atoms with van der Waals surface area (Å²) in [6, 6.07) is 6.12. The molecule has 0 aliphatic carbocycles. The van der Waals surface area contributed by atoms with E-state index in [1.807, 2.05) is 32.2 Å². The Morgan fingerprint density at radius 3 is 2.68 bits per heavy atom. The number of H-pyrrole nitrogens is 1. The van der Waals surface area contributed by atoms with Gasteiger partial charge in [-0.3, -0.25) is 4.79 Å². The number of primary amides is 1. The van der Waals surface area contributed by atoms with E-state index in [-0.39, 0.29) is 11.4 Å². The molecule has 1 heterocycles. The summed E-state index contributed by atoms with van der Waals surface area (Å²) in [5, 5.41) is 1.18. The van der Waals surface area contributed by atoms with Gasteiger partial charge < -0.3 is 16.5 Å². The van der Waals surface area contributed by atoms with Gasteiger partial charge in [0.25, 0.3) is 0 Å². The second-order valence-electron chi connectivity index (χ2n) is 5.79. The predicted octanol–water partition coefficient (Wildman–Crippen LogP) is 1.87. The van der Waals surface area contributed by atoms with Gasteiger partial charge in [-0.1, -0.05) is 18.2 Å². The maximum Gasteiger partial charge on any atom is 0.217 e. The van der Waals surface area contributed by atoms with E-state index in [4.69, 9.17) is 11.5 Å². The molecule has 0 aliphatic rings. The summed E-state index contributed by atoms with van der Waals surface area (Å²) in [5.74, 6) is -0.271. The van der Waals surface area contributed by atoms with Gasteiger partial charge in [0.2, 0.25) is 5.91 Å². The fourth-order valence-corrected chi connectivity index (χ4v) is 2.38. The van der Waals surface area contributed by atoms with E-state index < -0.39 is 0 Å². The Morgan fingerprint density at radius 1 is 1.32 bits per heavy atom. The van der Waals surface area contributed by atoms with Crippen molar-refractivity contribution in [3.63, 3.8) is 0 Å². The first-order chi connectivity index (χ1) is 8.87. The van der Waals surface area contributed by atoms with Crippen LogP contribution in [0.25, 0.3) is 10.9 Å². The van der Waals surface area contributed by atoms with Crippen LogP contribution in [0.15, 0.2) is 24.4 Å². The van der Waals surface area contributed by atoms with Crippen molar-refractivity contribution in [2.24, 2.45) is 11.5 Å². The molecule has 0 bridgehead atoms. The minimum absolute atomic E-state index is 0.238. The monoisotopic (exact) mass is 259 g/mol. The van der Waals surface area contributed by atoms with Gasteiger partial charge in [0.05, 0.1) is 0 Å². The Balaban J connectivity index is 2.34. The highest BCUT2D eigenvalue weighted by Gasteiger charge is 2.15. The summed E-state index contributed by atoms with van der Waals surface area (Å²) >= 11 is 0. The van der Waals surface area contributed by atoms with E-state index in [0.717, 1.165) is 17.5 Å². The highest BCUT2D eigenvalue weighted by molar-refractivity contribution is 5.86. The quantitative estimate of drug-likeness (QED) is 0.765. The summed E-state index contributed by atoms with van der Waals surface area (Å²) in [5.41, 5.74) is 14.5. The molecular formula is C15H21N3O. The molecule has 102 valence electrons. The van der Waals surface area contributed by atoms with Crippen LogP contribution in [0.4, 0.5) is 0 Å². The van der Waals surface area contributed by atoms with Gasteiger partial charge >= 0.3 is 0 Å². The lowest BCUT2D eigenvalue weighted by Crippen LogP contribution is -2.34. The number of nitrogens with one attached hydrogen (secondary N) is 1. The van der Waals surface area contributed by atoms with E-state index in [2.05, 4.69) is 11.1 Å². The largest absolute Gasteiger partial charge is 0.370 e. The summed E-state index contributed by atoms with van der Waals surface area (Å²) in [6.45, 7) is 4.03. The second-order valence-corrected chi connectivity index (χ2v) is 5.79. The number of aromatic nitrogens is 1. The molecule has 0 spiro atoms. The van der Waals surface area contributed by atoms with Crippen LogP contribution < -0.4 is 11.5 Å². The Labute approximate surface area is 113 Å². The van der Waals surface area contributed by atoms with Crippen molar-refractivity contribution in [1.29, 1.82) is 0 Å². The number of hydrogen-bond donors (Lipinski definition) is 3. The van der Waals surface area contributed by atoms with Crippen molar-refractivity contribution >= 4 is 16.8 Å². The van der Waals surface area contributed by atoms with Crippen LogP contribution in [-0.2, 0) is 17.6 Å². The number of hydrogen-bond acceptors (Lipinski definition) is 2. The van der Waals surface area contributed by atoms with Crippen molar-refractivity contribution in [2.75, 3.05) is 0 Å². The molecule has 0 saturated heterocycles.